The SMILES string of the molecule is CCC(CCCOC1CCC(C)CC1)NC. The Hall–Kier alpha value is -0.0800. The third-order valence-corrected chi connectivity index (χ3v) is 3.91. The summed E-state index contributed by atoms with van der Waals surface area (Å²) in [7, 11) is 2.05. The van der Waals surface area contributed by atoms with E-state index in [9.17, 15) is 0 Å². The first-order valence-electron chi connectivity index (χ1n) is 7.05. The van der Waals surface area contributed by atoms with Crippen LogP contribution in [0.1, 0.15) is 58.8 Å². The Labute approximate surface area is 101 Å². The predicted octanol–water partition coefficient (Wildman–Crippen LogP) is 3.36. The first-order valence-corrected chi connectivity index (χ1v) is 7.05. The Bertz CT molecular complexity index is 160. The molecule has 1 saturated carbocycles. The van der Waals surface area contributed by atoms with E-state index in [0.717, 1.165) is 12.5 Å². The molecule has 2 nitrogen and oxygen atoms in total. The van der Waals surface area contributed by atoms with Gasteiger partial charge in [-0.15, -0.1) is 0 Å². The van der Waals surface area contributed by atoms with Crippen molar-refractivity contribution in [2.45, 2.75) is 70.9 Å². The molecule has 96 valence electrons. The van der Waals surface area contributed by atoms with Crippen molar-refractivity contribution in [3.8, 4) is 0 Å². The summed E-state index contributed by atoms with van der Waals surface area (Å²) in [5, 5.41) is 3.34. The number of rotatable bonds is 7. The van der Waals surface area contributed by atoms with Crippen LogP contribution in [0.4, 0.5) is 0 Å². The molecule has 0 aromatic heterocycles. The minimum absolute atomic E-state index is 0.561. The van der Waals surface area contributed by atoms with Crippen molar-refractivity contribution in [1.29, 1.82) is 0 Å². The van der Waals surface area contributed by atoms with Crippen molar-refractivity contribution in [3.05, 3.63) is 0 Å². The highest BCUT2D eigenvalue weighted by Crippen LogP contribution is 2.25. The molecule has 0 aromatic carbocycles. The topological polar surface area (TPSA) is 21.3 Å². The second-order valence-electron chi connectivity index (χ2n) is 5.29. The summed E-state index contributed by atoms with van der Waals surface area (Å²) in [5.41, 5.74) is 0. The number of nitrogens with one attached hydrogen (secondary N) is 1. The zero-order valence-corrected chi connectivity index (χ0v) is 11.3. The van der Waals surface area contributed by atoms with Gasteiger partial charge in [0.15, 0.2) is 0 Å². The Morgan fingerprint density at radius 3 is 2.50 bits per heavy atom. The Morgan fingerprint density at radius 2 is 1.94 bits per heavy atom. The van der Waals surface area contributed by atoms with E-state index >= 15 is 0 Å². The summed E-state index contributed by atoms with van der Waals surface area (Å²) in [6, 6.07) is 0.676. The molecule has 0 spiro atoms. The van der Waals surface area contributed by atoms with E-state index in [2.05, 4.69) is 26.2 Å². The molecule has 1 unspecified atom stereocenters. The molecule has 0 bridgehead atoms. The molecule has 0 aliphatic heterocycles. The van der Waals surface area contributed by atoms with Gasteiger partial charge < -0.3 is 10.1 Å². The van der Waals surface area contributed by atoms with Crippen molar-refractivity contribution >= 4 is 0 Å². The average molecular weight is 227 g/mol. The van der Waals surface area contributed by atoms with Crippen LogP contribution < -0.4 is 5.32 Å². The number of hydrogen-bond donors (Lipinski definition) is 1. The molecule has 1 atom stereocenters. The molecule has 0 saturated heterocycles. The van der Waals surface area contributed by atoms with Crippen LogP contribution in [-0.4, -0.2) is 25.8 Å². The van der Waals surface area contributed by atoms with Gasteiger partial charge in [0, 0.05) is 12.6 Å². The maximum atomic E-state index is 5.94. The van der Waals surface area contributed by atoms with Gasteiger partial charge in [-0.05, 0) is 57.9 Å². The highest BCUT2D eigenvalue weighted by Gasteiger charge is 2.18. The summed E-state index contributed by atoms with van der Waals surface area (Å²) in [6.45, 7) is 5.55. The molecule has 2 heteroatoms. The van der Waals surface area contributed by atoms with Gasteiger partial charge >= 0.3 is 0 Å². The normalized spacial score (nSPS) is 27.9. The van der Waals surface area contributed by atoms with Crippen LogP contribution >= 0.6 is 0 Å². The minimum Gasteiger partial charge on any atom is -0.378 e. The Kier molecular flexibility index (Phi) is 7.06. The van der Waals surface area contributed by atoms with Gasteiger partial charge in [0.2, 0.25) is 0 Å². The van der Waals surface area contributed by atoms with Crippen LogP contribution in [0.15, 0.2) is 0 Å². The quantitative estimate of drug-likeness (QED) is 0.673. The molecule has 16 heavy (non-hydrogen) atoms. The summed E-state index contributed by atoms with van der Waals surface area (Å²) in [5.74, 6) is 0.925. The summed E-state index contributed by atoms with van der Waals surface area (Å²) in [4.78, 5) is 0. The number of hydrogen-bond acceptors (Lipinski definition) is 2. The maximum Gasteiger partial charge on any atom is 0.0575 e. The molecule has 1 aliphatic carbocycles. The van der Waals surface area contributed by atoms with E-state index in [1.54, 1.807) is 0 Å². The van der Waals surface area contributed by atoms with E-state index in [4.69, 9.17) is 4.74 Å². The zero-order chi connectivity index (χ0) is 11.8. The maximum absolute atomic E-state index is 5.94. The van der Waals surface area contributed by atoms with Crippen molar-refractivity contribution in [1.82, 2.24) is 5.32 Å². The van der Waals surface area contributed by atoms with Gasteiger partial charge in [0.1, 0.15) is 0 Å². The molecule has 1 rings (SSSR count). The van der Waals surface area contributed by atoms with Crippen molar-refractivity contribution in [2.75, 3.05) is 13.7 Å². The third kappa shape index (κ3) is 5.31. The predicted molar refractivity (Wildman–Crippen MR) is 69.7 cm³/mol. The molecule has 0 aromatic rings. The largest absolute Gasteiger partial charge is 0.378 e. The van der Waals surface area contributed by atoms with Crippen LogP contribution in [0.5, 0.6) is 0 Å². The second-order valence-corrected chi connectivity index (χ2v) is 5.29. The monoisotopic (exact) mass is 227 g/mol. The first kappa shape index (κ1) is 14.0. The van der Waals surface area contributed by atoms with Gasteiger partial charge in [-0.2, -0.15) is 0 Å². The Morgan fingerprint density at radius 1 is 1.25 bits per heavy atom. The van der Waals surface area contributed by atoms with E-state index < -0.39 is 0 Å². The average Bonchev–Trinajstić information content (AvgIpc) is 2.32. The second kappa shape index (κ2) is 8.08. The highest BCUT2D eigenvalue weighted by atomic mass is 16.5. The zero-order valence-electron chi connectivity index (χ0n) is 11.3. The summed E-state index contributed by atoms with van der Waals surface area (Å²) >= 11 is 0. The third-order valence-electron chi connectivity index (χ3n) is 3.91. The summed E-state index contributed by atoms with van der Waals surface area (Å²) < 4.78 is 5.94. The van der Waals surface area contributed by atoms with Gasteiger partial charge in [-0.25, -0.2) is 0 Å². The molecule has 1 aliphatic rings. The lowest BCUT2D eigenvalue weighted by atomic mass is 9.89. The number of ether oxygens (including phenoxy) is 1. The lowest BCUT2D eigenvalue weighted by Crippen LogP contribution is -2.25. The molecule has 0 amide bonds. The fraction of sp³-hybridized carbons (Fsp3) is 1.00. The fourth-order valence-electron chi connectivity index (χ4n) is 2.53. The van der Waals surface area contributed by atoms with Crippen LogP contribution in [0, 0.1) is 5.92 Å². The lowest BCUT2D eigenvalue weighted by molar-refractivity contribution is 0.0172. The van der Waals surface area contributed by atoms with E-state index in [0.29, 0.717) is 12.1 Å². The fourth-order valence-corrected chi connectivity index (χ4v) is 2.53. The van der Waals surface area contributed by atoms with Crippen molar-refractivity contribution in [2.24, 2.45) is 5.92 Å². The molecular formula is C14H29NO. The highest BCUT2D eigenvalue weighted by molar-refractivity contribution is 4.70. The van der Waals surface area contributed by atoms with Gasteiger partial charge in [-0.3, -0.25) is 0 Å². The van der Waals surface area contributed by atoms with E-state index in [1.165, 1.54) is 44.9 Å². The standard InChI is InChI=1S/C14H29NO/c1-4-13(15-3)6-5-11-16-14-9-7-12(2)8-10-14/h12-15H,4-11H2,1-3H3. The minimum atomic E-state index is 0.561. The van der Waals surface area contributed by atoms with E-state index in [-0.39, 0.29) is 0 Å². The van der Waals surface area contributed by atoms with Crippen LogP contribution in [0.2, 0.25) is 0 Å². The summed E-state index contributed by atoms with van der Waals surface area (Å²) in [6.07, 6.45) is 9.51. The smallest absolute Gasteiger partial charge is 0.0575 e. The molecule has 0 heterocycles. The van der Waals surface area contributed by atoms with Gasteiger partial charge in [0.05, 0.1) is 6.10 Å². The molecule has 0 radical (unpaired) electrons. The van der Waals surface area contributed by atoms with Gasteiger partial charge in [-0.1, -0.05) is 13.8 Å². The van der Waals surface area contributed by atoms with Crippen molar-refractivity contribution < 1.29 is 4.74 Å². The van der Waals surface area contributed by atoms with E-state index in [1.807, 2.05) is 0 Å². The Balaban J connectivity index is 1.98. The molecular weight excluding hydrogens is 198 g/mol. The lowest BCUT2D eigenvalue weighted by Gasteiger charge is -2.26. The van der Waals surface area contributed by atoms with Crippen LogP contribution in [0.3, 0.4) is 0 Å². The first-order chi connectivity index (χ1) is 7.76. The van der Waals surface area contributed by atoms with Crippen molar-refractivity contribution in [3.63, 3.8) is 0 Å². The van der Waals surface area contributed by atoms with Crippen LogP contribution in [0.25, 0.3) is 0 Å². The van der Waals surface area contributed by atoms with Gasteiger partial charge in [0.25, 0.3) is 0 Å². The molecule has 1 N–H and O–H groups in total. The molecule has 1 fully saturated rings. The van der Waals surface area contributed by atoms with Crippen LogP contribution in [-0.2, 0) is 4.74 Å².